The van der Waals surface area contributed by atoms with Gasteiger partial charge >= 0.3 is 5.97 Å². The molecule has 2 rings (SSSR count). The summed E-state index contributed by atoms with van der Waals surface area (Å²) in [7, 11) is 0. The SMILES string of the molecule is CC1CC(C(=O)O)c2ccc(F)cc21. The van der Waals surface area contributed by atoms with Crippen LogP contribution in [0, 0.1) is 5.82 Å². The summed E-state index contributed by atoms with van der Waals surface area (Å²) in [6, 6.07) is 4.36. The van der Waals surface area contributed by atoms with Gasteiger partial charge in [0.05, 0.1) is 5.92 Å². The summed E-state index contributed by atoms with van der Waals surface area (Å²) in [6.45, 7) is 1.93. The Morgan fingerprint density at radius 3 is 2.86 bits per heavy atom. The van der Waals surface area contributed by atoms with Gasteiger partial charge < -0.3 is 5.11 Å². The lowest BCUT2D eigenvalue weighted by Crippen LogP contribution is -2.07. The van der Waals surface area contributed by atoms with E-state index in [1.165, 1.54) is 12.1 Å². The third-order valence-corrected chi connectivity index (χ3v) is 2.84. The van der Waals surface area contributed by atoms with E-state index in [4.69, 9.17) is 5.11 Å². The van der Waals surface area contributed by atoms with Crippen molar-refractivity contribution in [2.45, 2.75) is 25.2 Å². The second-order valence-corrected chi connectivity index (χ2v) is 3.80. The van der Waals surface area contributed by atoms with Crippen LogP contribution in [0.5, 0.6) is 0 Å². The number of aliphatic carboxylic acids is 1. The minimum atomic E-state index is -0.817. The molecule has 0 bridgehead atoms. The third-order valence-electron chi connectivity index (χ3n) is 2.84. The minimum absolute atomic E-state index is 0.141. The summed E-state index contributed by atoms with van der Waals surface area (Å²) >= 11 is 0. The monoisotopic (exact) mass is 194 g/mol. The van der Waals surface area contributed by atoms with Crippen molar-refractivity contribution in [3.63, 3.8) is 0 Å². The molecule has 3 heteroatoms. The van der Waals surface area contributed by atoms with Crippen molar-refractivity contribution < 1.29 is 14.3 Å². The van der Waals surface area contributed by atoms with Crippen LogP contribution in [-0.4, -0.2) is 11.1 Å². The number of halogens is 1. The van der Waals surface area contributed by atoms with Gasteiger partial charge in [0.25, 0.3) is 0 Å². The van der Waals surface area contributed by atoms with Gasteiger partial charge in [-0.15, -0.1) is 0 Å². The molecule has 74 valence electrons. The molecule has 0 heterocycles. The van der Waals surface area contributed by atoms with E-state index >= 15 is 0 Å². The van der Waals surface area contributed by atoms with Crippen LogP contribution in [0.25, 0.3) is 0 Å². The van der Waals surface area contributed by atoms with Crippen molar-refractivity contribution in [2.75, 3.05) is 0 Å². The lowest BCUT2D eigenvalue weighted by molar-refractivity contribution is -0.138. The first-order chi connectivity index (χ1) is 6.59. The molecule has 1 N–H and O–H groups in total. The summed E-state index contributed by atoms with van der Waals surface area (Å²) < 4.78 is 12.9. The van der Waals surface area contributed by atoms with Gasteiger partial charge in [0.2, 0.25) is 0 Å². The number of hydrogen-bond donors (Lipinski definition) is 1. The van der Waals surface area contributed by atoms with Crippen molar-refractivity contribution in [1.29, 1.82) is 0 Å². The van der Waals surface area contributed by atoms with Gasteiger partial charge in [-0.2, -0.15) is 0 Å². The van der Waals surface area contributed by atoms with E-state index in [1.54, 1.807) is 6.07 Å². The Balaban J connectivity index is 2.49. The zero-order valence-corrected chi connectivity index (χ0v) is 7.83. The molecule has 2 atom stereocenters. The van der Waals surface area contributed by atoms with Crippen molar-refractivity contribution in [2.24, 2.45) is 0 Å². The smallest absolute Gasteiger partial charge is 0.311 e. The molecule has 0 aromatic heterocycles. The maximum Gasteiger partial charge on any atom is 0.311 e. The highest BCUT2D eigenvalue weighted by atomic mass is 19.1. The standard InChI is InChI=1S/C11H11FO2/c1-6-4-10(11(13)14)8-3-2-7(12)5-9(6)8/h2-3,5-6,10H,4H2,1H3,(H,13,14). The van der Waals surface area contributed by atoms with Crippen molar-refractivity contribution in [3.8, 4) is 0 Å². The molecule has 2 unspecified atom stereocenters. The number of hydrogen-bond acceptors (Lipinski definition) is 1. The average molecular weight is 194 g/mol. The number of carboxylic acid groups (broad SMARTS) is 1. The Kier molecular flexibility index (Phi) is 2.02. The molecule has 0 fully saturated rings. The Morgan fingerprint density at radius 1 is 1.50 bits per heavy atom. The predicted molar refractivity (Wildman–Crippen MR) is 49.8 cm³/mol. The molecule has 0 saturated heterocycles. The largest absolute Gasteiger partial charge is 0.481 e. The van der Waals surface area contributed by atoms with Crippen molar-refractivity contribution >= 4 is 5.97 Å². The highest BCUT2D eigenvalue weighted by Gasteiger charge is 2.33. The van der Waals surface area contributed by atoms with Crippen LogP contribution in [0.2, 0.25) is 0 Å². The first-order valence-electron chi connectivity index (χ1n) is 4.61. The van der Waals surface area contributed by atoms with E-state index in [0.717, 1.165) is 11.1 Å². The molecule has 1 aromatic carbocycles. The van der Waals surface area contributed by atoms with Gasteiger partial charge in [-0.25, -0.2) is 4.39 Å². The van der Waals surface area contributed by atoms with Crippen LogP contribution in [0.15, 0.2) is 18.2 Å². The molecular weight excluding hydrogens is 183 g/mol. The van der Waals surface area contributed by atoms with E-state index in [2.05, 4.69) is 0 Å². The van der Waals surface area contributed by atoms with Gasteiger partial charge in [0.15, 0.2) is 0 Å². The quantitative estimate of drug-likeness (QED) is 0.745. The van der Waals surface area contributed by atoms with Crippen LogP contribution in [0.4, 0.5) is 4.39 Å². The maximum atomic E-state index is 12.9. The fraction of sp³-hybridized carbons (Fsp3) is 0.364. The van der Waals surface area contributed by atoms with E-state index < -0.39 is 11.9 Å². The first-order valence-corrected chi connectivity index (χ1v) is 4.61. The summed E-state index contributed by atoms with van der Waals surface area (Å²) in [6.07, 6.45) is 0.578. The summed E-state index contributed by atoms with van der Waals surface area (Å²) in [4.78, 5) is 10.9. The van der Waals surface area contributed by atoms with Gasteiger partial charge in [-0.05, 0) is 35.6 Å². The number of carbonyl (C=O) groups is 1. The van der Waals surface area contributed by atoms with E-state index in [1.807, 2.05) is 6.92 Å². The third kappa shape index (κ3) is 1.29. The highest BCUT2D eigenvalue weighted by Crippen LogP contribution is 2.41. The molecule has 0 saturated carbocycles. The van der Waals surface area contributed by atoms with Gasteiger partial charge in [0, 0.05) is 0 Å². The van der Waals surface area contributed by atoms with Crippen LogP contribution in [-0.2, 0) is 4.79 Å². The predicted octanol–water partition coefficient (Wildman–Crippen LogP) is 2.50. The molecule has 1 aliphatic rings. The summed E-state index contributed by atoms with van der Waals surface area (Å²) in [5.41, 5.74) is 1.61. The lowest BCUT2D eigenvalue weighted by Gasteiger charge is -2.04. The minimum Gasteiger partial charge on any atom is -0.481 e. The Bertz CT molecular complexity index is 387. The fourth-order valence-electron chi connectivity index (χ4n) is 2.13. The van der Waals surface area contributed by atoms with Gasteiger partial charge in [-0.1, -0.05) is 13.0 Å². The van der Waals surface area contributed by atoms with Gasteiger partial charge in [0.1, 0.15) is 5.82 Å². The molecule has 2 nitrogen and oxygen atoms in total. The highest BCUT2D eigenvalue weighted by molar-refractivity contribution is 5.78. The van der Waals surface area contributed by atoms with E-state index in [9.17, 15) is 9.18 Å². The summed E-state index contributed by atoms with van der Waals surface area (Å²) in [5, 5.41) is 8.95. The van der Waals surface area contributed by atoms with Crippen molar-refractivity contribution in [1.82, 2.24) is 0 Å². The molecule has 0 amide bonds. The first kappa shape index (κ1) is 9.19. The Morgan fingerprint density at radius 2 is 2.21 bits per heavy atom. The number of benzene rings is 1. The zero-order chi connectivity index (χ0) is 10.3. The van der Waals surface area contributed by atoms with E-state index in [0.29, 0.717) is 6.42 Å². The number of carboxylic acids is 1. The lowest BCUT2D eigenvalue weighted by atomic mass is 10.0. The molecule has 14 heavy (non-hydrogen) atoms. The van der Waals surface area contributed by atoms with Crippen LogP contribution in [0.3, 0.4) is 0 Å². The maximum absolute atomic E-state index is 12.9. The van der Waals surface area contributed by atoms with Crippen LogP contribution < -0.4 is 0 Å². The second-order valence-electron chi connectivity index (χ2n) is 3.80. The number of fused-ring (bicyclic) bond motifs is 1. The molecule has 0 spiro atoms. The molecule has 1 aromatic rings. The average Bonchev–Trinajstić information content (AvgIpc) is 2.44. The fourth-order valence-corrected chi connectivity index (χ4v) is 2.13. The normalized spacial score (nSPS) is 24.7. The number of rotatable bonds is 1. The van der Waals surface area contributed by atoms with Crippen molar-refractivity contribution in [3.05, 3.63) is 35.1 Å². The zero-order valence-electron chi connectivity index (χ0n) is 7.83. The Labute approximate surface area is 81.4 Å². The summed E-state index contributed by atoms with van der Waals surface area (Å²) in [5.74, 6) is -1.42. The Hall–Kier alpha value is -1.38. The molecular formula is C11H11FO2. The molecule has 0 aliphatic heterocycles. The van der Waals surface area contributed by atoms with Crippen LogP contribution >= 0.6 is 0 Å². The second kappa shape index (κ2) is 3.08. The van der Waals surface area contributed by atoms with Gasteiger partial charge in [-0.3, -0.25) is 4.79 Å². The molecule has 0 radical (unpaired) electrons. The molecule has 1 aliphatic carbocycles. The van der Waals surface area contributed by atoms with E-state index in [-0.39, 0.29) is 11.7 Å². The topological polar surface area (TPSA) is 37.3 Å². The van der Waals surface area contributed by atoms with Crippen LogP contribution in [0.1, 0.15) is 36.3 Å².